The molecule has 0 radical (unpaired) electrons. The lowest BCUT2D eigenvalue weighted by Gasteiger charge is -2.32. The van der Waals surface area contributed by atoms with E-state index in [1.807, 2.05) is 6.92 Å². The van der Waals surface area contributed by atoms with Gasteiger partial charge in [0.05, 0.1) is 6.42 Å². The van der Waals surface area contributed by atoms with Crippen molar-refractivity contribution in [2.75, 3.05) is 13.1 Å². The fraction of sp³-hybridized carbons (Fsp3) is 0.562. The number of halogens is 2. The van der Waals surface area contributed by atoms with E-state index in [2.05, 4.69) is 0 Å². The van der Waals surface area contributed by atoms with Crippen molar-refractivity contribution in [1.82, 2.24) is 4.90 Å². The second-order valence-electron chi connectivity index (χ2n) is 5.55. The van der Waals surface area contributed by atoms with Crippen molar-refractivity contribution in [3.8, 4) is 0 Å². The van der Waals surface area contributed by atoms with Gasteiger partial charge in [-0.2, -0.15) is 0 Å². The third-order valence-corrected chi connectivity index (χ3v) is 4.37. The molecule has 0 bridgehead atoms. The zero-order valence-corrected chi connectivity index (χ0v) is 12.3. The number of nitrogens with zero attached hydrogens (tertiary/aromatic N) is 1. The molecule has 0 aromatic heterocycles. The molecule has 116 valence electrons. The van der Waals surface area contributed by atoms with Crippen molar-refractivity contribution in [1.29, 1.82) is 0 Å². The molecule has 0 aliphatic heterocycles. The highest BCUT2D eigenvalue weighted by Crippen LogP contribution is 2.29. The lowest BCUT2D eigenvalue weighted by Crippen LogP contribution is -2.44. The van der Waals surface area contributed by atoms with Crippen LogP contribution in [0.3, 0.4) is 0 Å². The van der Waals surface area contributed by atoms with Crippen LogP contribution < -0.4 is 5.73 Å². The standard InChI is InChI=1S/C16H22F2N2O/c1-2-20(15-8-3-5-11(15)10-19)16(21)9-12-13(17)6-4-7-14(12)18/h4,6-7,11,15H,2-3,5,8-10,19H2,1H3. The lowest BCUT2D eigenvalue weighted by molar-refractivity contribution is -0.133. The highest BCUT2D eigenvalue weighted by Gasteiger charge is 2.33. The minimum atomic E-state index is -0.666. The van der Waals surface area contributed by atoms with Crippen LogP contribution in [-0.4, -0.2) is 29.9 Å². The first-order valence-electron chi connectivity index (χ1n) is 7.50. The summed E-state index contributed by atoms with van der Waals surface area (Å²) in [6.45, 7) is 2.97. The van der Waals surface area contributed by atoms with Crippen LogP contribution in [0.2, 0.25) is 0 Å². The molecule has 3 nitrogen and oxygen atoms in total. The molecule has 5 heteroatoms. The van der Waals surface area contributed by atoms with Crippen molar-refractivity contribution < 1.29 is 13.6 Å². The van der Waals surface area contributed by atoms with Gasteiger partial charge in [0.25, 0.3) is 0 Å². The van der Waals surface area contributed by atoms with Crippen LogP contribution in [-0.2, 0) is 11.2 Å². The van der Waals surface area contributed by atoms with Gasteiger partial charge in [0, 0.05) is 18.2 Å². The fourth-order valence-electron chi connectivity index (χ4n) is 3.25. The Labute approximate surface area is 124 Å². The Morgan fingerprint density at radius 1 is 1.33 bits per heavy atom. The molecular weight excluding hydrogens is 274 g/mol. The number of benzene rings is 1. The second-order valence-corrected chi connectivity index (χ2v) is 5.55. The van der Waals surface area contributed by atoms with Gasteiger partial charge in [-0.3, -0.25) is 4.79 Å². The SMILES string of the molecule is CCN(C(=O)Cc1c(F)cccc1F)C1CCCC1CN. The molecule has 0 saturated heterocycles. The monoisotopic (exact) mass is 296 g/mol. The van der Waals surface area contributed by atoms with Crippen molar-refractivity contribution in [2.24, 2.45) is 11.7 Å². The van der Waals surface area contributed by atoms with E-state index in [9.17, 15) is 13.6 Å². The highest BCUT2D eigenvalue weighted by molar-refractivity contribution is 5.79. The lowest BCUT2D eigenvalue weighted by atomic mass is 10.0. The summed E-state index contributed by atoms with van der Waals surface area (Å²) in [4.78, 5) is 14.2. The van der Waals surface area contributed by atoms with Crippen LogP contribution in [0, 0.1) is 17.6 Å². The van der Waals surface area contributed by atoms with E-state index in [4.69, 9.17) is 5.73 Å². The van der Waals surface area contributed by atoms with Gasteiger partial charge in [-0.15, -0.1) is 0 Å². The quantitative estimate of drug-likeness (QED) is 0.907. The normalized spacial score (nSPS) is 21.5. The van der Waals surface area contributed by atoms with Gasteiger partial charge in [-0.1, -0.05) is 12.5 Å². The van der Waals surface area contributed by atoms with Gasteiger partial charge in [0.15, 0.2) is 0 Å². The number of likely N-dealkylation sites (N-methyl/N-ethyl adjacent to an activating group) is 1. The zero-order chi connectivity index (χ0) is 15.4. The number of hydrogen-bond acceptors (Lipinski definition) is 2. The van der Waals surface area contributed by atoms with E-state index in [-0.39, 0.29) is 23.9 Å². The summed E-state index contributed by atoms with van der Waals surface area (Å²) in [5.41, 5.74) is 5.61. The predicted octanol–water partition coefficient (Wildman–Crippen LogP) is 2.48. The maximum atomic E-state index is 13.7. The van der Waals surface area contributed by atoms with Crippen LogP contribution >= 0.6 is 0 Å². The van der Waals surface area contributed by atoms with E-state index < -0.39 is 11.6 Å². The van der Waals surface area contributed by atoms with Crippen molar-refractivity contribution in [2.45, 2.75) is 38.6 Å². The number of rotatable bonds is 5. The third kappa shape index (κ3) is 3.40. The fourth-order valence-corrected chi connectivity index (χ4v) is 3.25. The van der Waals surface area contributed by atoms with Crippen LogP contribution in [0.15, 0.2) is 18.2 Å². The van der Waals surface area contributed by atoms with E-state index in [1.54, 1.807) is 4.90 Å². The molecule has 2 atom stereocenters. The Bertz CT molecular complexity index is 487. The minimum Gasteiger partial charge on any atom is -0.339 e. The van der Waals surface area contributed by atoms with Gasteiger partial charge >= 0.3 is 0 Å². The first kappa shape index (κ1) is 15.9. The first-order chi connectivity index (χ1) is 10.1. The topological polar surface area (TPSA) is 46.3 Å². The van der Waals surface area contributed by atoms with Crippen LogP contribution in [0.1, 0.15) is 31.7 Å². The van der Waals surface area contributed by atoms with E-state index in [0.717, 1.165) is 19.3 Å². The molecule has 1 aliphatic rings. The van der Waals surface area contributed by atoms with Crippen LogP contribution in [0.4, 0.5) is 8.78 Å². The number of amides is 1. The molecule has 1 fully saturated rings. The molecule has 1 saturated carbocycles. The van der Waals surface area contributed by atoms with Crippen molar-refractivity contribution >= 4 is 5.91 Å². The second kappa shape index (κ2) is 6.98. The Morgan fingerprint density at radius 2 is 2.00 bits per heavy atom. The van der Waals surface area contributed by atoms with Crippen LogP contribution in [0.5, 0.6) is 0 Å². The Balaban J connectivity index is 2.14. The third-order valence-electron chi connectivity index (χ3n) is 4.37. The van der Waals surface area contributed by atoms with Gasteiger partial charge in [0.2, 0.25) is 5.91 Å². The number of hydrogen-bond donors (Lipinski definition) is 1. The summed E-state index contributed by atoms with van der Waals surface area (Å²) in [6.07, 6.45) is 2.74. The number of carbonyl (C=O) groups excluding carboxylic acids is 1. The summed E-state index contributed by atoms with van der Waals surface area (Å²) in [7, 11) is 0. The molecule has 2 N–H and O–H groups in total. The smallest absolute Gasteiger partial charge is 0.227 e. The summed E-state index contributed by atoms with van der Waals surface area (Å²) in [6, 6.07) is 3.76. The molecule has 21 heavy (non-hydrogen) atoms. The molecular formula is C16H22F2N2O. The van der Waals surface area contributed by atoms with Gasteiger partial charge < -0.3 is 10.6 Å². The van der Waals surface area contributed by atoms with E-state index in [0.29, 0.717) is 19.0 Å². The predicted molar refractivity (Wildman–Crippen MR) is 77.6 cm³/mol. The molecule has 1 aliphatic carbocycles. The van der Waals surface area contributed by atoms with Gasteiger partial charge in [-0.05, 0) is 44.4 Å². The average molecular weight is 296 g/mol. The van der Waals surface area contributed by atoms with Gasteiger partial charge in [0.1, 0.15) is 11.6 Å². The molecule has 2 rings (SSSR count). The molecule has 1 aromatic carbocycles. The largest absolute Gasteiger partial charge is 0.339 e. The minimum absolute atomic E-state index is 0.0994. The molecule has 0 spiro atoms. The van der Waals surface area contributed by atoms with Crippen molar-refractivity contribution in [3.05, 3.63) is 35.4 Å². The van der Waals surface area contributed by atoms with Crippen molar-refractivity contribution in [3.63, 3.8) is 0 Å². The number of nitrogens with two attached hydrogens (primary N) is 1. The Morgan fingerprint density at radius 3 is 2.57 bits per heavy atom. The molecule has 1 aromatic rings. The first-order valence-corrected chi connectivity index (χ1v) is 7.50. The Hall–Kier alpha value is -1.49. The highest BCUT2D eigenvalue weighted by atomic mass is 19.1. The maximum Gasteiger partial charge on any atom is 0.227 e. The van der Waals surface area contributed by atoms with E-state index in [1.165, 1.54) is 18.2 Å². The summed E-state index contributed by atoms with van der Waals surface area (Å²) >= 11 is 0. The zero-order valence-electron chi connectivity index (χ0n) is 12.3. The summed E-state index contributed by atoms with van der Waals surface area (Å²) < 4.78 is 27.3. The average Bonchev–Trinajstić information content (AvgIpc) is 2.92. The number of carbonyl (C=O) groups is 1. The molecule has 0 heterocycles. The summed E-state index contributed by atoms with van der Waals surface area (Å²) in [5, 5.41) is 0. The van der Waals surface area contributed by atoms with Crippen LogP contribution in [0.25, 0.3) is 0 Å². The summed E-state index contributed by atoms with van der Waals surface area (Å²) in [5.74, 6) is -1.27. The molecule has 1 amide bonds. The Kier molecular flexibility index (Phi) is 5.28. The maximum absolute atomic E-state index is 13.7. The van der Waals surface area contributed by atoms with E-state index >= 15 is 0 Å². The molecule has 2 unspecified atom stereocenters. The van der Waals surface area contributed by atoms with Gasteiger partial charge in [-0.25, -0.2) is 8.78 Å².